The van der Waals surface area contributed by atoms with Crippen LogP contribution in [0.15, 0.2) is 0 Å². The van der Waals surface area contributed by atoms with Crippen molar-refractivity contribution in [2.45, 2.75) is 175 Å². The summed E-state index contributed by atoms with van der Waals surface area (Å²) in [6.07, 6.45) is 22.6. The van der Waals surface area contributed by atoms with Gasteiger partial charge in [0.1, 0.15) is 0 Å². The molecule has 0 spiro atoms. The quantitative estimate of drug-likeness (QED) is 0.135. The summed E-state index contributed by atoms with van der Waals surface area (Å²) in [4.78, 5) is 0. The predicted molar refractivity (Wildman–Crippen MR) is 138 cm³/mol. The van der Waals surface area contributed by atoms with Crippen LogP contribution in [0.5, 0.6) is 0 Å². The van der Waals surface area contributed by atoms with Gasteiger partial charge in [0.2, 0.25) is 0 Å². The predicted octanol–water partition coefficient (Wildman–Crippen LogP) is 9.27. The van der Waals surface area contributed by atoms with E-state index in [1.54, 1.807) is 0 Å². The summed E-state index contributed by atoms with van der Waals surface area (Å²) in [5.74, 6) is 0. The van der Waals surface area contributed by atoms with E-state index in [1.807, 2.05) is 0 Å². The maximum Gasteiger partial charge on any atom is 0.906 e. The van der Waals surface area contributed by atoms with E-state index in [4.69, 9.17) is 11.4 Å². The van der Waals surface area contributed by atoms with Crippen LogP contribution in [-0.2, 0) is 11.4 Å². The molecule has 0 rings (SSSR count). The topological polar surface area (TPSA) is 27.7 Å². The Labute approximate surface area is 201 Å². The van der Waals surface area contributed by atoms with Crippen LogP contribution in [0.1, 0.15) is 157 Å². The third kappa shape index (κ3) is 18.5. The van der Waals surface area contributed by atoms with Crippen molar-refractivity contribution >= 4 is 15.1 Å². The standard InChI is InChI=1S/3C9H19O.Al/c3*1-3-5-7-9(10)8-6-4-2;/h3*9H,3-8H2,1-2H3;/q3*-1;+3. The van der Waals surface area contributed by atoms with Crippen molar-refractivity contribution < 1.29 is 11.4 Å². The largest absolute Gasteiger partial charge is 0.906 e. The molecule has 0 amide bonds. The van der Waals surface area contributed by atoms with Crippen molar-refractivity contribution in [3.8, 4) is 0 Å². The average molecular weight is 457 g/mol. The Balaban J connectivity index is 5.28. The Morgan fingerprint density at radius 1 is 0.387 bits per heavy atom. The van der Waals surface area contributed by atoms with E-state index in [-0.39, 0.29) is 0 Å². The van der Waals surface area contributed by atoms with Crippen molar-refractivity contribution in [2.75, 3.05) is 0 Å². The zero-order valence-corrected chi connectivity index (χ0v) is 23.4. The van der Waals surface area contributed by atoms with Crippen LogP contribution in [0, 0.1) is 0 Å². The zero-order valence-electron chi connectivity index (χ0n) is 22.3. The lowest BCUT2D eigenvalue weighted by Gasteiger charge is -2.29. The van der Waals surface area contributed by atoms with Gasteiger partial charge in [0.05, 0.1) is 0 Å². The summed E-state index contributed by atoms with van der Waals surface area (Å²) in [6.45, 7) is 13.6. The molecule has 31 heavy (non-hydrogen) atoms. The summed E-state index contributed by atoms with van der Waals surface area (Å²) < 4.78 is 20.2. The van der Waals surface area contributed by atoms with E-state index in [9.17, 15) is 0 Å². The second-order valence-corrected chi connectivity index (χ2v) is 10.8. The normalized spacial score (nSPS) is 11.9. The van der Waals surface area contributed by atoms with E-state index in [1.165, 1.54) is 77.0 Å². The highest BCUT2D eigenvalue weighted by atomic mass is 27.3. The van der Waals surface area contributed by atoms with Crippen LogP contribution < -0.4 is 0 Å². The molecule has 186 valence electrons. The van der Waals surface area contributed by atoms with E-state index >= 15 is 0 Å². The minimum Gasteiger partial charge on any atom is -0.452 e. The fourth-order valence-electron chi connectivity index (χ4n) is 4.00. The zero-order chi connectivity index (χ0) is 23.2. The Hall–Kier alpha value is 0.412. The van der Waals surface area contributed by atoms with Crippen LogP contribution in [-0.4, -0.2) is 33.5 Å². The SMILES string of the molecule is CCCCC(CCCC)[O][Al]([O]C(CCCC)CCCC)[O]C(CCCC)CCCC. The summed E-state index contributed by atoms with van der Waals surface area (Å²) in [5, 5.41) is 0. The summed E-state index contributed by atoms with van der Waals surface area (Å²) in [5.41, 5.74) is 0. The van der Waals surface area contributed by atoms with Gasteiger partial charge in [-0.25, -0.2) is 0 Å². The van der Waals surface area contributed by atoms with Gasteiger partial charge in [-0.15, -0.1) is 0 Å². The summed E-state index contributed by atoms with van der Waals surface area (Å²) in [6, 6.07) is 0. The molecule has 0 aromatic heterocycles. The summed E-state index contributed by atoms with van der Waals surface area (Å²) in [7, 11) is 0. The van der Waals surface area contributed by atoms with Crippen molar-refractivity contribution in [3.05, 3.63) is 0 Å². The van der Waals surface area contributed by atoms with Crippen molar-refractivity contribution in [3.63, 3.8) is 0 Å². The molecule has 0 unspecified atom stereocenters. The Bertz CT molecular complexity index is 277. The van der Waals surface area contributed by atoms with Gasteiger partial charge in [0, 0.05) is 18.3 Å². The van der Waals surface area contributed by atoms with E-state index in [0.717, 1.165) is 38.5 Å². The van der Waals surface area contributed by atoms with Crippen LogP contribution in [0.25, 0.3) is 0 Å². The third-order valence-electron chi connectivity index (χ3n) is 6.19. The number of rotatable bonds is 24. The minimum absolute atomic E-state index is 0.313. The lowest BCUT2D eigenvalue weighted by Crippen LogP contribution is -2.39. The second kappa shape index (κ2) is 23.6. The third-order valence-corrected chi connectivity index (χ3v) is 8.01. The van der Waals surface area contributed by atoms with Gasteiger partial charge >= 0.3 is 15.1 Å². The molecule has 3 nitrogen and oxygen atoms in total. The average Bonchev–Trinajstić information content (AvgIpc) is 2.78. The van der Waals surface area contributed by atoms with Gasteiger partial charge in [-0.05, 0) is 38.5 Å². The molecule has 0 radical (unpaired) electrons. The highest BCUT2D eigenvalue weighted by Crippen LogP contribution is 2.22. The first-order valence-electron chi connectivity index (χ1n) is 14.1. The van der Waals surface area contributed by atoms with Crippen molar-refractivity contribution in [1.29, 1.82) is 0 Å². The van der Waals surface area contributed by atoms with Gasteiger partial charge in [0.15, 0.2) is 0 Å². The summed E-state index contributed by atoms with van der Waals surface area (Å²) >= 11 is -2.16. The number of hydrogen-bond donors (Lipinski definition) is 0. The van der Waals surface area contributed by atoms with Crippen molar-refractivity contribution in [1.82, 2.24) is 0 Å². The Morgan fingerprint density at radius 3 is 0.742 bits per heavy atom. The molecule has 0 aliphatic heterocycles. The van der Waals surface area contributed by atoms with Crippen LogP contribution in [0.4, 0.5) is 0 Å². The first kappa shape index (κ1) is 31.4. The molecule has 0 bridgehead atoms. The Kier molecular flexibility index (Phi) is 23.9. The monoisotopic (exact) mass is 456 g/mol. The van der Waals surface area contributed by atoms with Gasteiger partial charge in [-0.3, -0.25) is 0 Å². The van der Waals surface area contributed by atoms with Gasteiger partial charge < -0.3 is 11.4 Å². The van der Waals surface area contributed by atoms with Crippen LogP contribution in [0.3, 0.4) is 0 Å². The smallest absolute Gasteiger partial charge is 0.452 e. The number of hydrogen-bond acceptors (Lipinski definition) is 3. The lowest BCUT2D eigenvalue weighted by molar-refractivity contribution is -0.00606. The molecular weight excluding hydrogens is 399 g/mol. The van der Waals surface area contributed by atoms with Gasteiger partial charge in [-0.1, -0.05) is 119 Å². The van der Waals surface area contributed by atoms with Crippen LogP contribution >= 0.6 is 0 Å². The first-order chi connectivity index (χ1) is 15.1. The molecule has 0 aliphatic carbocycles. The molecule has 0 atom stereocenters. The highest BCUT2D eigenvalue weighted by molar-refractivity contribution is 6.36. The molecule has 0 fully saturated rings. The molecule has 0 heterocycles. The van der Waals surface area contributed by atoms with E-state index in [0.29, 0.717) is 18.3 Å². The lowest BCUT2D eigenvalue weighted by atomic mass is 10.1. The fraction of sp³-hybridized carbons (Fsp3) is 1.00. The molecule has 0 saturated carbocycles. The van der Waals surface area contributed by atoms with Gasteiger partial charge in [-0.2, -0.15) is 0 Å². The minimum atomic E-state index is -2.16. The highest BCUT2D eigenvalue weighted by Gasteiger charge is 2.38. The van der Waals surface area contributed by atoms with Gasteiger partial charge in [0.25, 0.3) is 0 Å². The molecule has 0 aromatic carbocycles. The van der Waals surface area contributed by atoms with Crippen molar-refractivity contribution in [2.24, 2.45) is 0 Å². The first-order valence-corrected chi connectivity index (χ1v) is 15.5. The molecule has 4 heteroatoms. The van der Waals surface area contributed by atoms with E-state index in [2.05, 4.69) is 41.5 Å². The van der Waals surface area contributed by atoms with Crippen LogP contribution in [0.2, 0.25) is 0 Å². The molecule has 0 N–H and O–H groups in total. The molecule has 0 aromatic rings. The molecule has 0 aliphatic rings. The maximum atomic E-state index is 6.73. The maximum absolute atomic E-state index is 6.73. The number of unbranched alkanes of at least 4 members (excludes halogenated alkanes) is 6. The fourth-order valence-corrected chi connectivity index (χ4v) is 5.95. The molecule has 0 saturated heterocycles. The van der Waals surface area contributed by atoms with E-state index < -0.39 is 15.1 Å². The second-order valence-electron chi connectivity index (χ2n) is 9.42. The molecular formula is C27H57AlO3. The Morgan fingerprint density at radius 2 is 0.581 bits per heavy atom.